The maximum Gasteiger partial charge on any atom is 0.411 e. The van der Waals surface area contributed by atoms with Crippen LogP contribution in [0.4, 0.5) is 10.5 Å². The highest BCUT2D eigenvalue weighted by atomic mass is 16.7. The first-order valence-corrected chi connectivity index (χ1v) is 12.6. The minimum Gasteiger partial charge on any atom is -0.445 e. The van der Waals surface area contributed by atoms with E-state index in [4.69, 9.17) is 14.2 Å². The summed E-state index contributed by atoms with van der Waals surface area (Å²) >= 11 is 0. The summed E-state index contributed by atoms with van der Waals surface area (Å²) in [5, 5.41) is 12.2. The second kappa shape index (κ2) is 11.6. The zero-order chi connectivity index (χ0) is 26.5. The van der Waals surface area contributed by atoms with Crippen molar-refractivity contribution in [1.82, 2.24) is 9.55 Å². The van der Waals surface area contributed by atoms with E-state index in [1.165, 1.54) is 6.08 Å². The molecule has 8 nitrogen and oxygen atoms in total. The van der Waals surface area contributed by atoms with E-state index < -0.39 is 12.4 Å². The number of carbonyl (C=O) groups is 1. The molecule has 1 aliphatic heterocycles. The molecule has 2 heterocycles. The van der Waals surface area contributed by atoms with Crippen LogP contribution in [0.2, 0.25) is 0 Å². The molecule has 0 spiro atoms. The topological polar surface area (TPSA) is 94.8 Å². The molecule has 196 valence electrons. The maximum atomic E-state index is 12.1. The van der Waals surface area contributed by atoms with Crippen LogP contribution in [0.3, 0.4) is 0 Å². The van der Waals surface area contributed by atoms with Crippen LogP contribution in [0, 0.1) is 5.92 Å². The molecule has 3 aromatic carbocycles. The summed E-state index contributed by atoms with van der Waals surface area (Å²) in [6.45, 7) is 6.39. The molecule has 0 saturated carbocycles. The largest absolute Gasteiger partial charge is 0.445 e. The number of aliphatic hydroxyl groups excluding tert-OH is 1. The first kappa shape index (κ1) is 25.7. The number of aromatic nitrogens is 2. The molecule has 38 heavy (non-hydrogen) atoms. The van der Waals surface area contributed by atoms with Crippen molar-refractivity contribution in [2.24, 2.45) is 5.92 Å². The van der Waals surface area contributed by atoms with Crippen molar-refractivity contribution in [3.8, 4) is 0 Å². The summed E-state index contributed by atoms with van der Waals surface area (Å²) in [6.07, 6.45) is 1.68. The third kappa shape index (κ3) is 5.62. The van der Waals surface area contributed by atoms with Gasteiger partial charge >= 0.3 is 6.09 Å². The summed E-state index contributed by atoms with van der Waals surface area (Å²) < 4.78 is 20.3. The van der Waals surface area contributed by atoms with Gasteiger partial charge in [-0.3, -0.25) is 5.32 Å². The number of hydrogen-bond donors (Lipinski definition) is 2. The predicted octanol–water partition coefficient (Wildman–Crippen LogP) is 5.75. The average Bonchev–Trinajstić information content (AvgIpc) is 3.36. The minimum absolute atomic E-state index is 0.0154. The van der Waals surface area contributed by atoms with Crippen molar-refractivity contribution in [2.45, 2.75) is 38.6 Å². The molecular weight excluding hydrogens is 482 g/mol. The molecule has 1 saturated heterocycles. The number of nitrogens with zero attached hydrogens (tertiary/aromatic N) is 2. The van der Waals surface area contributed by atoms with E-state index in [2.05, 4.69) is 34.4 Å². The van der Waals surface area contributed by atoms with Crippen LogP contribution in [0.15, 0.2) is 91.8 Å². The second-order valence-electron chi connectivity index (χ2n) is 9.35. The Morgan fingerprint density at radius 2 is 1.92 bits per heavy atom. The Morgan fingerprint density at radius 1 is 1.11 bits per heavy atom. The normalized spacial score (nSPS) is 21.2. The smallest absolute Gasteiger partial charge is 0.411 e. The third-order valence-electron chi connectivity index (χ3n) is 6.76. The SMILES string of the molecule is C=CCOC(=O)Nc1cccc([C@@H]2O[C@H](Cn3cnc4ccccc43)[C@H](C)[C@H](c3ccc(CO)cc3)O2)c1. The van der Waals surface area contributed by atoms with E-state index in [0.29, 0.717) is 12.2 Å². The number of nitrogens with one attached hydrogen (secondary N) is 1. The Kier molecular flexibility index (Phi) is 7.83. The molecule has 0 unspecified atom stereocenters. The van der Waals surface area contributed by atoms with Crippen LogP contribution >= 0.6 is 0 Å². The highest BCUT2D eigenvalue weighted by Crippen LogP contribution is 2.42. The highest BCUT2D eigenvalue weighted by molar-refractivity contribution is 5.84. The Morgan fingerprint density at radius 3 is 2.71 bits per heavy atom. The first-order chi connectivity index (χ1) is 18.6. The molecule has 1 aliphatic rings. The van der Waals surface area contributed by atoms with E-state index in [0.717, 1.165) is 27.7 Å². The molecule has 1 aromatic heterocycles. The van der Waals surface area contributed by atoms with Gasteiger partial charge in [-0.2, -0.15) is 0 Å². The number of aliphatic hydroxyl groups is 1. The maximum absolute atomic E-state index is 12.1. The molecule has 0 bridgehead atoms. The zero-order valence-electron chi connectivity index (χ0n) is 21.2. The quantitative estimate of drug-likeness (QED) is 0.291. The predicted molar refractivity (Wildman–Crippen MR) is 144 cm³/mol. The highest BCUT2D eigenvalue weighted by Gasteiger charge is 2.38. The Hall–Kier alpha value is -3.98. The van der Waals surface area contributed by atoms with Gasteiger partial charge in [0.25, 0.3) is 0 Å². The molecule has 4 atom stereocenters. The van der Waals surface area contributed by atoms with Crippen LogP contribution in [0.5, 0.6) is 0 Å². The van der Waals surface area contributed by atoms with E-state index in [-0.39, 0.29) is 31.3 Å². The van der Waals surface area contributed by atoms with E-state index in [9.17, 15) is 9.90 Å². The molecule has 5 rings (SSSR count). The monoisotopic (exact) mass is 513 g/mol. The van der Waals surface area contributed by atoms with Gasteiger partial charge in [0.05, 0.1) is 42.7 Å². The van der Waals surface area contributed by atoms with Gasteiger partial charge in [-0.15, -0.1) is 0 Å². The van der Waals surface area contributed by atoms with Crippen molar-refractivity contribution in [3.63, 3.8) is 0 Å². The van der Waals surface area contributed by atoms with Gasteiger partial charge in [0.2, 0.25) is 0 Å². The summed E-state index contributed by atoms with van der Waals surface area (Å²) in [6, 6.07) is 23.2. The molecular formula is C30H31N3O5. The van der Waals surface area contributed by atoms with Crippen LogP contribution in [-0.4, -0.2) is 33.5 Å². The van der Waals surface area contributed by atoms with Crippen LogP contribution < -0.4 is 5.32 Å². The van der Waals surface area contributed by atoms with Gasteiger partial charge in [-0.25, -0.2) is 9.78 Å². The molecule has 4 aromatic rings. The standard InChI is InChI=1S/C30H31N3O5/c1-3-15-36-30(35)32-24-8-6-7-23(16-24)29-37-27(17-33-19-31-25-9-4-5-10-26(25)33)20(2)28(38-29)22-13-11-21(18-34)12-14-22/h3-14,16,19-20,27-29,34H,1,15,17-18H2,2H3,(H,32,35)/t20-,27+,28+,29+/m0/s1. The summed E-state index contributed by atoms with van der Waals surface area (Å²) in [5.41, 5.74) is 5.17. The Balaban J connectivity index is 1.44. The van der Waals surface area contributed by atoms with Crippen LogP contribution in [-0.2, 0) is 27.4 Å². The van der Waals surface area contributed by atoms with Gasteiger partial charge in [0.15, 0.2) is 6.29 Å². The van der Waals surface area contributed by atoms with Gasteiger partial charge in [0, 0.05) is 17.2 Å². The number of para-hydroxylation sites is 2. The lowest BCUT2D eigenvalue weighted by atomic mass is 9.90. The number of imidazole rings is 1. The number of benzene rings is 3. The number of rotatable bonds is 8. The molecule has 0 radical (unpaired) electrons. The lowest BCUT2D eigenvalue weighted by Gasteiger charge is -2.41. The van der Waals surface area contributed by atoms with Crippen molar-refractivity contribution >= 4 is 22.8 Å². The van der Waals surface area contributed by atoms with Gasteiger partial charge in [-0.05, 0) is 35.4 Å². The fourth-order valence-corrected chi connectivity index (χ4v) is 4.73. The van der Waals surface area contributed by atoms with E-state index in [1.54, 1.807) is 6.07 Å². The van der Waals surface area contributed by atoms with Crippen molar-refractivity contribution in [3.05, 3.63) is 108 Å². The van der Waals surface area contributed by atoms with E-state index in [1.807, 2.05) is 67.0 Å². The minimum atomic E-state index is -0.667. The van der Waals surface area contributed by atoms with Crippen molar-refractivity contribution < 1.29 is 24.1 Å². The van der Waals surface area contributed by atoms with E-state index >= 15 is 0 Å². The van der Waals surface area contributed by atoms with Crippen LogP contribution in [0.25, 0.3) is 11.0 Å². The fraction of sp³-hybridized carbons (Fsp3) is 0.267. The summed E-state index contributed by atoms with van der Waals surface area (Å²) in [7, 11) is 0. The van der Waals surface area contributed by atoms with Crippen molar-refractivity contribution in [2.75, 3.05) is 11.9 Å². The van der Waals surface area contributed by atoms with Gasteiger partial charge in [-0.1, -0.05) is 68.1 Å². The number of anilines is 1. The summed E-state index contributed by atoms with van der Waals surface area (Å²) in [5.74, 6) is 0.0163. The lowest BCUT2D eigenvalue weighted by molar-refractivity contribution is -0.276. The second-order valence-corrected chi connectivity index (χ2v) is 9.35. The number of fused-ring (bicyclic) bond motifs is 1. The summed E-state index contributed by atoms with van der Waals surface area (Å²) in [4.78, 5) is 16.6. The van der Waals surface area contributed by atoms with Crippen LogP contribution in [0.1, 0.15) is 36.0 Å². The number of carbonyl (C=O) groups excluding carboxylic acids is 1. The van der Waals surface area contributed by atoms with Crippen molar-refractivity contribution in [1.29, 1.82) is 0 Å². The third-order valence-corrected chi connectivity index (χ3v) is 6.76. The molecule has 1 fully saturated rings. The zero-order valence-corrected chi connectivity index (χ0v) is 21.2. The molecule has 8 heteroatoms. The Bertz CT molecular complexity index is 1400. The molecule has 1 amide bonds. The number of ether oxygens (including phenoxy) is 3. The molecule has 0 aliphatic carbocycles. The lowest BCUT2D eigenvalue weighted by Crippen LogP contribution is -2.39. The number of amides is 1. The first-order valence-electron chi connectivity index (χ1n) is 12.6. The fourth-order valence-electron chi connectivity index (χ4n) is 4.73. The number of hydrogen-bond acceptors (Lipinski definition) is 6. The van der Waals surface area contributed by atoms with Gasteiger partial charge in [0.1, 0.15) is 6.61 Å². The average molecular weight is 514 g/mol. The Labute approximate surface area is 221 Å². The van der Waals surface area contributed by atoms with Gasteiger partial charge < -0.3 is 23.9 Å². The molecule has 2 N–H and O–H groups in total.